The number of nitrogens with zero attached hydrogens (tertiary/aromatic N) is 1. The number of phosphoric ester groups is 1. The van der Waals surface area contributed by atoms with Gasteiger partial charge in [-0.2, -0.15) is 0 Å². The molecule has 322 valence electrons. The van der Waals surface area contributed by atoms with Crippen molar-refractivity contribution in [2.24, 2.45) is 0 Å². The van der Waals surface area contributed by atoms with Crippen molar-refractivity contribution in [2.45, 2.75) is 231 Å². The minimum Gasteiger partial charge on any atom is -0.387 e. The normalized spacial score (nSPS) is 14.4. The number of nitrogens with one attached hydrogen (secondary N) is 1. The molecular weight excluding hydrogens is 695 g/mol. The van der Waals surface area contributed by atoms with Gasteiger partial charge in [-0.1, -0.05) is 212 Å². The van der Waals surface area contributed by atoms with Gasteiger partial charge in [0.05, 0.1) is 39.9 Å². The predicted octanol–water partition coefficient (Wildman–Crippen LogP) is 12.8. The standard InChI is InChI=1S/C45H91N2O6P/c1-6-8-9-10-11-12-13-14-15-16-17-18-19-20-21-22-23-24-25-26-27-28-29-30-31-32-33-34-35-36-37-38-39-44(48)43(46-45(49)7-2)42-53-54(50,51)52-41-40-47(3,4)5/h38-39,43-44,48H,6-37,40-42H2,1-5H3,(H-,46,49,50,51)/p+1/b39-38+. The van der Waals surface area contributed by atoms with Crippen molar-refractivity contribution in [2.75, 3.05) is 40.9 Å². The summed E-state index contributed by atoms with van der Waals surface area (Å²) >= 11 is 0. The first-order valence-corrected chi connectivity index (χ1v) is 24.6. The van der Waals surface area contributed by atoms with E-state index in [9.17, 15) is 19.4 Å². The molecule has 54 heavy (non-hydrogen) atoms. The monoisotopic (exact) mass is 788 g/mol. The quantitative estimate of drug-likeness (QED) is 0.0246. The van der Waals surface area contributed by atoms with E-state index in [1.165, 1.54) is 180 Å². The van der Waals surface area contributed by atoms with Crippen LogP contribution in [0, 0.1) is 0 Å². The molecule has 0 saturated heterocycles. The van der Waals surface area contributed by atoms with E-state index in [1.54, 1.807) is 13.0 Å². The Morgan fingerprint density at radius 2 is 0.963 bits per heavy atom. The Morgan fingerprint density at radius 1 is 0.611 bits per heavy atom. The first kappa shape index (κ1) is 53.2. The molecule has 0 aromatic rings. The molecule has 0 spiro atoms. The Morgan fingerprint density at radius 3 is 1.30 bits per heavy atom. The second-order valence-corrected chi connectivity index (χ2v) is 18.6. The third-order valence-electron chi connectivity index (χ3n) is 10.6. The summed E-state index contributed by atoms with van der Waals surface area (Å²) in [6.45, 7) is 4.28. The molecule has 3 atom stereocenters. The summed E-state index contributed by atoms with van der Waals surface area (Å²) in [5, 5.41) is 13.3. The summed E-state index contributed by atoms with van der Waals surface area (Å²) in [4.78, 5) is 22.0. The number of amides is 1. The zero-order valence-corrected chi connectivity index (χ0v) is 37.4. The van der Waals surface area contributed by atoms with Gasteiger partial charge in [0.2, 0.25) is 5.91 Å². The molecule has 0 aromatic heterocycles. The van der Waals surface area contributed by atoms with Crippen molar-refractivity contribution in [3.63, 3.8) is 0 Å². The molecule has 0 saturated carbocycles. The van der Waals surface area contributed by atoms with Crippen LogP contribution in [0.25, 0.3) is 0 Å². The minimum atomic E-state index is -4.30. The van der Waals surface area contributed by atoms with E-state index in [-0.39, 0.29) is 25.5 Å². The van der Waals surface area contributed by atoms with Crippen LogP contribution in [0.5, 0.6) is 0 Å². The number of allylic oxidation sites excluding steroid dienone is 1. The summed E-state index contributed by atoms with van der Waals surface area (Å²) in [5.74, 6) is -0.263. The van der Waals surface area contributed by atoms with Crippen molar-refractivity contribution < 1.29 is 32.9 Å². The van der Waals surface area contributed by atoms with Crippen LogP contribution in [0.4, 0.5) is 0 Å². The lowest BCUT2D eigenvalue weighted by Gasteiger charge is -2.25. The first-order chi connectivity index (χ1) is 26.0. The predicted molar refractivity (Wildman–Crippen MR) is 231 cm³/mol. The van der Waals surface area contributed by atoms with E-state index in [4.69, 9.17) is 9.05 Å². The molecule has 0 radical (unpaired) electrons. The van der Waals surface area contributed by atoms with Gasteiger partial charge in [-0.05, 0) is 12.8 Å². The van der Waals surface area contributed by atoms with E-state index in [0.717, 1.165) is 19.3 Å². The van der Waals surface area contributed by atoms with E-state index < -0.39 is 20.0 Å². The fraction of sp³-hybridized carbons (Fsp3) is 0.933. The third-order valence-corrected chi connectivity index (χ3v) is 11.6. The molecule has 0 aliphatic heterocycles. The lowest BCUT2D eigenvalue weighted by Crippen LogP contribution is -2.45. The molecule has 0 aromatic carbocycles. The van der Waals surface area contributed by atoms with Gasteiger partial charge < -0.3 is 19.8 Å². The summed E-state index contributed by atoms with van der Waals surface area (Å²) in [5.41, 5.74) is 0. The number of hydrogen-bond donors (Lipinski definition) is 3. The minimum absolute atomic E-state index is 0.0609. The molecule has 0 heterocycles. The topological polar surface area (TPSA) is 105 Å². The number of carbonyl (C=O) groups is 1. The fourth-order valence-electron chi connectivity index (χ4n) is 6.83. The first-order valence-electron chi connectivity index (χ1n) is 23.1. The van der Waals surface area contributed by atoms with Crippen LogP contribution in [-0.2, 0) is 18.4 Å². The summed E-state index contributed by atoms with van der Waals surface area (Å²) in [7, 11) is 1.57. The molecule has 3 N–H and O–H groups in total. The van der Waals surface area contributed by atoms with Crippen molar-refractivity contribution in [3.05, 3.63) is 12.2 Å². The summed E-state index contributed by atoms with van der Waals surface area (Å²) in [6.07, 6.45) is 45.5. The molecule has 0 bridgehead atoms. The number of quaternary nitrogens is 1. The van der Waals surface area contributed by atoms with Gasteiger partial charge in [-0.25, -0.2) is 4.57 Å². The number of unbranched alkanes of at least 4 members (excludes halogenated alkanes) is 30. The smallest absolute Gasteiger partial charge is 0.387 e. The van der Waals surface area contributed by atoms with E-state index >= 15 is 0 Å². The van der Waals surface area contributed by atoms with Crippen molar-refractivity contribution in [3.8, 4) is 0 Å². The van der Waals surface area contributed by atoms with Crippen molar-refractivity contribution >= 4 is 13.7 Å². The molecule has 9 heteroatoms. The molecule has 0 aliphatic rings. The summed E-state index contributed by atoms with van der Waals surface area (Å²) < 4.78 is 23.0. The van der Waals surface area contributed by atoms with Gasteiger partial charge in [-0.3, -0.25) is 13.8 Å². The van der Waals surface area contributed by atoms with Crippen LogP contribution in [0.1, 0.15) is 219 Å². The van der Waals surface area contributed by atoms with Crippen LogP contribution in [0.15, 0.2) is 12.2 Å². The molecule has 1 amide bonds. The van der Waals surface area contributed by atoms with Gasteiger partial charge in [0, 0.05) is 6.42 Å². The molecule has 0 rings (SSSR count). The van der Waals surface area contributed by atoms with E-state index in [1.807, 2.05) is 27.2 Å². The average molecular weight is 788 g/mol. The van der Waals surface area contributed by atoms with Crippen LogP contribution in [0.2, 0.25) is 0 Å². The maximum atomic E-state index is 12.3. The highest BCUT2D eigenvalue weighted by Gasteiger charge is 2.27. The largest absolute Gasteiger partial charge is 0.472 e. The van der Waals surface area contributed by atoms with Crippen molar-refractivity contribution in [1.82, 2.24) is 5.32 Å². The number of rotatable bonds is 42. The lowest BCUT2D eigenvalue weighted by atomic mass is 10.0. The van der Waals surface area contributed by atoms with Gasteiger partial charge in [0.15, 0.2) is 0 Å². The van der Waals surface area contributed by atoms with Crippen LogP contribution >= 0.6 is 7.82 Å². The number of carbonyl (C=O) groups excluding carboxylic acids is 1. The maximum Gasteiger partial charge on any atom is 0.472 e. The molecule has 8 nitrogen and oxygen atoms in total. The number of hydrogen-bond acceptors (Lipinski definition) is 5. The average Bonchev–Trinajstić information content (AvgIpc) is 3.12. The summed E-state index contributed by atoms with van der Waals surface area (Å²) in [6, 6.07) is -0.838. The number of likely N-dealkylation sites (N-methyl/N-ethyl adjacent to an activating group) is 1. The fourth-order valence-corrected chi connectivity index (χ4v) is 7.57. The highest BCUT2D eigenvalue weighted by molar-refractivity contribution is 7.47. The molecule has 0 fully saturated rings. The lowest BCUT2D eigenvalue weighted by molar-refractivity contribution is -0.870. The van der Waals surface area contributed by atoms with Crippen LogP contribution in [0.3, 0.4) is 0 Å². The Bertz CT molecular complexity index is 896. The molecular formula is C45H92N2O6P+. The van der Waals surface area contributed by atoms with E-state index in [2.05, 4.69) is 12.2 Å². The van der Waals surface area contributed by atoms with Crippen LogP contribution in [-0.4, -0.2) is 73.4 Å². The Balaban J connectivity index is 3.61. The number of aliphatic hydroxyl groups is 1. The van der Waals surface area contributed by atoms with Gasteiger partial charge in [0.1, 0.15) is 13.2 Å². The van der Waals surface area contributed by atoms with Crippen LogP contribution < -0.4 is 5.32 Å². The zero-order valence-electron chi connectivity index (χ0n) is 36.5. The highest BCUT2D eigenvalue weighted by Crippen LogP contribution is 2.43. The van der Waals surface area contributed by atoms with Gasteiger partial charge >= 0.3 is 7.82 Å². The van der Waals surface area contributed by atoms with Gasteiger partial charge in [0.25, 0.3) is 0 Å². The Kier molecular flexibility index (Phi) is 37.3. The highest BCUT2D eigenvalue weighted by atomic mass is 31.2. The maximum absolute atomic E-state index is 12.3. The van der Waals surface area contributed by atoms with Crippen molar-refractivity contribution in [1.29, 1.82) is 0 Å². The van der Waals surface area contributed by atoms with E-state index in [0.29, 0.717) is 11.0 Å². The SMILES string of the molecule is CCCCCCCCCCCCCCCCCCCCCCCCCCCCCCCC/C=C/C(O)C(COP(=O)(O)OCC[N+](C)(C)C)NC(=O)CC. The van der Waals surface area contributed by atoms with Gasteiger partial charge in [-0.15, -0.1) is 0 Å². The zero-order chi connectivity index (χ0) is 40.0. The Labute approximate surface area is 335 Å². The molecule has 0 aliphatic carbocycles. The molecule has 3 unspecified atom stereocenters. The second-order valence-electron chi connectivity index (χ2n) is 17.1. The number of aliphatic hydroxyl groups excluding tert-OH is 1. The Hall–Kier alpha value is -0.760. The third kappa shape index (κ3) is 39.5. The second kappa shape index (κ2) is 37.8. The number of phosphoric acid groups is 1.